The van der Waals surface area contributed by atoms with Crippen LogP contribution >= 0.6 is 0 Å². The number of aliphatic hydroxyl groups excluding tert-OH is 1. The van der Waals surface area contributed by atoms with Crippen molar-refractivity contribution in [3.63, 3.8) is 0 Å². The molecule has 92 valence electrons. The predicted octanol–water partition coefficient (Wildman–Crippen LogP) is 1.26. The fourth-order valence-corrected chi connectivity index (χ4v) is 2.12. The third kappa shape index (κ3) is 2.84. The van der Waals surface area contributed by atoms with Crippen LogP contribution in [0.4, 0.5) is 0 Å². The Balaban J connectivity index is 2.09. The molecular weight excluding hydrogens is 218 g/mol. The lowest BCUT2D eigenvalue weighted by Crippen LogP contribution is -2.34. The van der Waals surface area contributed by atoms with Gasteiger partial charge in [-0.3, -0.25) is 0 Å². The van der Waals surface area contributed by atoms with Crippen LogP contribution in [-0.4, -0.2) is 30.8 Å². The molecule has 2 N–H and O–H groups in total. The molecule has 0 radical (unpaired) electrons. The average molecular weight is 235 g/mol. The number of piperidine rings is 1. The summed E-state index contributed by atoms with van der Waals surface area (Å²) in [5, 5.41) is 13.0. The van der Waals surface area contributed by atoms with Gasteiger partial charge in [-0.25, -0.2) is 4.79 Å². The maximum absolute atomic E-state index is 11.3. The number of carbonyl (C=O) groups excluding carboxylic acids is 1. The molecule has 1 aromatic carbocycles. The molecule has 0 saturated carbocycles. The number of hydrogen-bond acceptors (Lipinski definition) is 4. The fraction of sp³-hybridized carbons (Fsp3) is 0.462. The van der Waals surface area contributed by atoms with Gasteiger partial charge in [-0.2, -0.15) is 0 Å². The molecule has 2 unspecified atom stereocenters. The lowest BCUT2D eigenvalue weighted by atomic mass is 9.95. The first-order valence-electron chi connectivity index (χ1n) is 5.80. The van der Waals surface area contributed by atoms with Crippen molar-refractivity contribution in [2.75, 3.05) is 13.7 Å². The molecule has 1 aromatic rings. The lowest BCUT2D eigenvalue weighted by molar-refractivity contribution is 0.0600. The van der Waals surface area contributed by atoms with E-state index >= 15 is 0 Å². The molecular formula is C13H17NO3. The van der Waals surface area contributed by atoms with E-state index < -0.39 is 0 Å². The van der Waals surface area contributed by atoms with Crippen molar-refractivity contribution in [1.29, 1.82) is 0 Å². The Morgan fingerprint density at radius 3 is 2.71 bits per heavy atom. The van der Waals surface area contributed by atoms with Gasteiger partial charge in [-0.15, -0.1) is 0 Å². The summed E-state index contributed by atoms with van der Waals surface area (Å²) in [6.07, 6.45) is 1.29. The van der Waals surface area contributed by atoms with Gasteiger partial charge in [0.05, 0.1) is 18.8 Å². The van der Waals surface area contributed by atoms with Gasteiger partial charge in [0.2, 0.25) is 0 Å². The van der Waals surface area contributed by atoms with E-state index in [1.54, 1.807) is 12.1 Å². The number of rotatable bonds is 2. The average Bonchev–Trinajstić information content (AvgIpc) is 2.38. The molecule has 2 atom stereocenters. The maximum atomic E-state index is 11.3. The van der Waals surface area contributed by atoms with E-state index in [1.807, 2.05) is 12.1 Å². The van der Waals surface area contributed by atoms with Crippen LogP contribution in [0.3, 0.4) is 0 Å². The minimum absolute atomic E-state index is 0.172. The van der Waals surface area contributed by atoms with Crippen LogP contribution in [0.1, 0.15) is 34.8 Å². The second-order valence-corrected chi connectivity index (χ2v) is 4.30. The number of methoxy groups -OCH3 is 1. The van der Waals surface area contributed by atoms with Crippen LogP contribution in [0.25, 0.3) is 0 Å². The molecule has 0 aromatic heterocycles. The van der Waals surface area contributed by atoms with Gasteiger partial charge in [0.15, 0.2) is 0 Å². The number of carbonyl (C=O) groups is 1. The van der Waals surface area contributed by atoms with Crippen LogP contribution in [0, 0.1) is 0 Å². The monoisotopic (exact) mass is 235 g/mol. The highest BCUT2D eigenvalue weighted by molar-refractivity contribution is 5.89. The third-order valence-electron chi connectivity index (χ3n) is 3.11. The largest absolute Gasteiger partial charge is 0.465 e. The lowest BCUT2D eigenvalue weighted by Gasteiger charge is -2.27. The van der Waals surface area contributed by atoms with Gasteiger partial charge < -0.3 is 15.2 Å². The first kappa shape index (κ1) is 12.1. The molecule has 0 bridgehead atoms. The molecule has 1 fully saturated rings. The zero-order valence-corrected chi connectivity index (χ0v) is 9.85. The van der Waals surface area contributed by atoms with E-state index in [9.17, 15) is 9.90 Å². The molecule has 2 rings (SSSR count). The summed E-state index contributed by atoms with van der Waals surface area (Å²) in [6, 6.07) is 7.49. The molecule has 0 aliphatic carbocycles. The Bertz CT molecular complexity index is 388. The summed E-state index contributed by atoms with van der Waals surface area (Å²) in [5.74, 6) is -0.326. The highest BCUT2D eigenvalue weighted by Gasteiger charge is 2.20. The van der Waals surface area contributed by atoms with Crippen molar-refractivity contribution >= 4 is 5.97 Å². The van der Waals surface area contributed by atoms with Crippen molar-refractivity contribution in [3.8, 4) is 0 Å². The quantitative estimate of drug-likeness (QED) is 0.758. The Morgan fingerprint density at radius 1 is 1.41 bits per heavy atom. The highest BCUT2D eigenvalue weighted by Crippen LogP contribution is 2.23. The summed E-state index contributed by atoms with van der Waals surface area (Å²) in [5.41, 5.74) is 1.64. The van der Waals surface area contributed by atoms with E-state index in [4.69, 9.17) is 0 Å². The molecule has 0 amide bonds. The number of hydrogen-bond donors (Lipinski definition) is 2. The van der Waals surface area contributed by atoms with Gasteiger partial charge in [-0.1, -0.05) is 12.1 Å². The van der Waals surface area contributed by atoms with Crippen LogP contribution in [0.15, 0.2) is 24.3 Å². The van der Waals surface area contributed by atoms with E-state index in [0.717, 1.165) is 24.9 Å². The molecule has 1 saturated heterocycles. The summed E-state index contributed by atoms with van der Waals surface area (Å²) in [4.78, 5) is 11.3. The topological polar surface area (TPSA) is 58.6 Å². The van der Waals surface area contributed by atoms with E-state index in [2.05, 4.69) is 10.1 Å². The maximum Gasteiger partial charge on any atom is 0.337 e. The van der Waals surface area contributed by atoms with Crippen molar-refractivity contribution in [2.45, 2.75) is 25.0 Å². The standard InChI is InChI=1S/C13H17NO3/c1-17-13(16)10-4-2-9(3-5-10)12-8-11(15)6-7-14-12/h2-5,11-12,14-15H,6-8H2,1H3. The Morgan fingerprint density at radius 2 is 2.12 bits per heavy atom. The summed E-state index contributed by atoms with van der Waals surface area (Å²) >= 11 is 0. The second kappa shape index (κ2) is 5.29. The minimum Gasteiger partial charge on any atom is -0.465 e. The predicted molar refractivity (Wildman–Crippen MR) is 63.8 cm³/mol. The minimum atomic E-state index is -0.326. The molecule has 1 aliphatic rings. The Hall–Kier alpha value is -1.39. The zero-order valence-electron chi connectivity index (χ0n) is 9.85. The first-order valence-corrected chi connectivity index (χ1v) is 5.80. The van der Waals surface area contributed by atoms with Gasteiger partial charge in [0.25, 0.3) is 0 Å². The number of aliphatic hydroxyl groups is 1. The van der Waals surface area contributed by atoms with Gasteiger partial charge in [0.1, 0.15) is 0 Å². The number of ether oxygens (including phenoxy) is 1. The molecule has 17 heavy (non-hydrogen) atoms. The van der Waals surface area contributed by atoms with E-state index in [1.165, 1.54) is 7.11 Å². The smallest absolute Gasteiger partial charge is 0.337 e. The van der Waals surface area contributed by atoms with Gasteiger partial charge in [0, 0.05) is 6.04 Å². The van der Waals surface area contributed by atoms with Crippen molar-refractivity contribution < 1.29 is 14.6 Å². The summed E-state index contributed by atoms with van der Waals surface area (Å²) < 4.78 is 4.64. The third-order valence-corrected chi connectivity index (χ3v) is 3.11. The number of esters is 1. The normalized spacial score (nSPS) is 24.4. The number of benzene rings is 1. The number of nitrogens with one attached hydrogen (secondary N) is 1. The molecule has 4 nitrogen and oxygen atoms in total. The summed E-state index contributed by atoms with van der Waals surface area (Å²) in [6.45, 7) is 0.824. The fourth-order valence-electron chi connectivity index (χ4n) is 2.12. The van der Waals surface area contributed by atoms with Crippen LogP contribution in [-0.2, 0) is 4.74 Å². The Kier molecular flexibility index (Phi) is 3.76. The Labute approximate surface area is 101 Å². The second-order valence-electron chi connectivity index (χ2n) is 4.30. The van der Waals surface area contributed by atoms with Crippen molar-refractivity contribution in [3.05, 3.63) is 35.4 Å². The zero-order chi connectivity index (χ0) is 12.3. The van der Waals surface area contributed by atoms with E-state index in [-0.39, 0.29) is 18.1 Å². The van der Waals surface area contributed by atoms with Gasteiger partial charge in [-0.05, 0) is 37.1 Å². The first-order chi connectivity index (χ1) is 8.20. The van der Waals surface area contributed by atoms with E-state index in [0.29, 0.717) is 5.56 Å². The van der Waals surface area contributed by atoms with Crippen molar-refractivity contribution in [1.82, 2.24) is 5.32 Å². The van der Waals surface area contributed by atoms with Crippen molar-refractivity contribution in [2.24, 2.45) is 0 Å². The van der Waals surface area contributed by atoms with Crippen LogP contribution in [0.5, 0.6) is 0 Å². The van der Waals surface area contributed by atoms with Crippen LogP contribution in [0.2, 0.25) is 0 Å². The molecule has 1 aliphatic heterocycles. The van der Waals surface area contributed by atoms with Crippen LogP contribution < -0.4 is 5.32 Å². The molecule has 4 heteroatoms. The van der Waals surface area contributed by atoms with Gasteiger partial charge >= 0.3 is 5.97 Å². The SMILES string of the molecule is COC(=O)c1ccc(C2CC(O)CCN2)cc1. The molecule has 1 heterocycles. The molecule has 0 spiro atoms. The highest BCUT2D eigenvalue weighted by atomic mass is 16.5. The summed E-state index contributed by atoms with van der Waals surface area (Å²) in [7, 11) is 1.37.